The van der Waals surface area contributed by atoms with Crippen LogP contribution in [0.4, 0.5) is 4.79 Å². The van der Waals surface area contributed by atoms with Crippen LogP contribution in [0.1, 0.15) is 13.8 Å². The Kier molecular flexibility index (Phi) is 5.44. The number of urea groups is 1. The summed E-state index contributed by atoms with van der Waals surface area (Å²) in [6.45, 7) is 8.19. The number of allylic oxidation sites excluding steroid dienone is 1. The molecule has 1 heterocycles. The molecule has 6 nitrogen and oxygen atoms in total. The molecule has 3 N–H and O–H groups in total. The van der Waals surface area contributed by atoms with Gasteiger partial charge in [0.05, 0.1) is 16.3 Å². The van der Waals surface area contributed by atoms with Gasteiger partial charge >= 0.3 is 6.03 Å². The number of imide groups is 1. The largest absolute Gasteiger partial charge is 0.351 e. The number of carbonyl (C=O) groups is 2. The molecular weight excluding hydrogens is 312 g/mol. The predicted octanol–water partition coefficient (Wildman–Crippen LogP) is 2.53. The first-order valence-electron chi connectivity index (χ1n) is 7.27. The maximum absolute atomic E-state index is 12.2. The third-order valence-electron chi connectivity index (χ3n) is 3.27. The molecule has 0 saturated carbocycles. The second-order valence-electron chi connectivity index (χ2n) is 5.42. The minimum atomic E-state index is -0.846. The fourth-order valence-electron chi connectivity index (χ4n) is 2.25. The van der Waals surface area contributed by atoms with Crippen LogP contribution < -0.4 is 11.1 Å². The first kappa shape index (κ1) is 17.1. The molecule has 0 unspecified atom stereocenters. The summed E-state index contributed by atoms with van der Waals surface area (Å²) < 4.78 is 2.00. The molecule has 0 fully saturated rings. The maximum atomic E-state index is 12.2. The average Bonchev–Trinajstić information content (AvgIpc) is 2.82. The molecule has 2 rings (SSSR count). The van der Waals surface area contributed by atoms with Gasteiger partial charge in [-0.2, -0.15) is 0 Å². The van der Waals surface area contributed by atoms with E-state index in [-0.39, 0.29) is 5.92 Å². The minimum absolute atomic E-state index is 0.0105. The highest BCUT2D eigenvalue weighted by Crippen LogP contribution is 2.30. The van der Waals surface area contributed by atoms with Crippen molar-refractivity contribution in [1.29, 1.82) is 0 Å². The summed E-state index contributed by atoms with van der Waals surface area (Å²) in [5, 5.41) is 2.39. The van der Waals surface area contributed by atoms with Crippen molar-refractivity contribution >= 4 is 34.7 Å². The second-order valence-corrected chi connectivity index (χ2v) is 6.53. The van der Waals surface area contributed by atoms with Gasteiger partial charge in [-0.1, -0.05) is 43.8 Å². The van der Waals surface area contributed by atoms with Crippen LogP contribution in [-0.2, 0) is 11.3 Å². The van der Waals surface area contributed by atoms with E-state index in [0.717, 1.165) is 11.0 Å². The number of rotatable bonds is 6. The molecule has 1 atom stereocenters. The molecule has 23 heavy (non-hydrogen) atoms. The normalized spacial score (nSPS) is 12.3. The summed E-state index contributed by atoms with van der Waals surface area (Å²) in [5.41, 5.74) is 6.88. The number of fused-ring (bicyclic) bond motifs is 1. The fraction of sp³-hybridized carbons (Fsp3) is 0.312. The van der Waals surface area contributed by atoms with Gasteiger partial charge in [0.25, 0.3) is 0 Å². The maximum Gasteiger partial charge on any atom is 0.318 e. The SMILES string of the molecule is C=CCn1c(S[C@@H](C(=O)NC(N)=O)C(C)C)nc2ccccc21. The first-order valence-corrected chi connectivity index (χ1v) is 8.15. The molecule has 2 aromatic rings. The predicted molar refractivity (Wildman–Crippen MR) is 92.1 cm³/mol. The number of aromatic nitrogens is 2. The molecule has 7 heteroatoms. The van der Waals surface area contributed by atoms with Crippen LogP contribution in [0.5, 0.6) is 0 Å². The highest BCUT2D eigenvalue weighted by atomic mass is 32.2. The van der Waals surface area contributed by atoms with Crippen LogP contribution >= 0.6 is 11.8 Å². The number of hydrogen-bond donors (Lipinski definition) is 2. The van der Waals surface area contributed by atoms with Crippen LogP contribution in [0.2, 0.25) is 0 Å². The van der Waals surface area contributed by atoms with Crippen LogP contribution in [0, 0.1) is 5.92 Å². The summed E-state index contributed by atoms with van der Waals surface area (Å²) in [6, 6.07) is 6.91. The van der Waals surface area contributed by atoms with Crippen LogP contribution in [0.15, 0.2) is 42.1 Å². The van der Waals surface area contributed by atoms with Gasteiger partial charge in [0.2, 0.25) is 5.91 Å². The first-order chi connectivity index (χ1) is 10.9. The number of imidazole rings is 1. The Hall–Kier alpha value is -2.28. The van der Waals surface area contributed by atoms with Crippen molar-refractivity contribution in [2.24, 2.45) is 11.7 Å². The number of nitrogens with zero attached hydrogens (tertiary/aromatic N) is 2. The molecular formula is C16H20N4O2S. The van der Waals surface area contributed by atoms with E-state index < -0.39 is 17.2 Å². The zero-order chi connectivity index (χ0) is 17.0. The summed E-state index contributed by atoms with van der Waals surface area (Å²) >= 11 is 1.32. The summed E-state index contributed by atoms with van der Waals surface area (Å²) in [6.07, 6.45) is 1.78. The van der Waals surface area contributed by atoms with E-state index in [9.17, 15) is 9.59 Å². The van der Waals surface area contributed by atoms with Crippen molar-refractivity contribution in [2.75, 3.05) is 0 Å². The quantitative estimate of drug-likeness (QED) is 0.628. The Morgan fingerprint density at radius 1 is 1.43 bits per heavy atom. The number of thioether (sulfide) groups is 1. The Morgan fingerprint density at radius 3 is 2.74 bits per heavy atom. The van der Waals surface area contributed by atoms with Crippen LogP contribution in [0.25, 0.3) is 11.0 Å². The van der Waals surface area contributed by atoms with Gasteiger partial charge in [-0.25, -0.2) is 9.78 Å². The van der Waals surface area contributed by atoms with Crippen LogP contribution in [-0.4, -0.2) is 26.7 Å². The van der Waals surface area contributed by atoms with Crippen LogP contribution in [0.3, 0.4) is 0 Å². The van der Waals surface area contributed by atoms with Gasteiger partial charge in [-0.05, 0) is 18.1 Å². The highest BCUT2D eigenvalue weighted by Gasteiger charge is 2.27. The standard InChI is InChI=1S/C16H20N4O2S/c1-4-9-20-12-8-6-5-7-11(12)18-16(20)23-13(10(2)3)14(21)19-15(17)22/h4-8,10,13H,1,9H2,2-3H3,(H3,17,19,21,22)/t13-/m1/s1. The van der Waals surface area contributed by atoms with E-state index in [1.807, 2.05) is 42.7 Å². The van der Waals surface area contributed by atoms with E-state index >= 15 is 0 Å². The molecule has 0 saturated heterocycles. The number of carbonyl (C=O) groups excluding carboxylic acids is 2. The second kappa shape index (κ2) is 7.32. The van der Waals surface area contributed by atoms with Gasteiger partial charge in [0, 0.05) is 6.54 Å². The smallest absolute Gasteiger partial charge is 0.318 e. The summed E-state index contributed by atoms with van der Waals surface area (Å²) in [4.78, 5) is 27.7. The molecule has 0 aliphatic carbocycles. The Bertz CT molecular complexity index is 739. The zero-order valence-corrected chi connectivity index (χ0v) is 14.0. The molecule has 0 aliphatic rings. The van der Waals surface area contributed by atoms with Gasteiger partial charge in [0.1, 0.15) is 0 Å². The number of nitrogens with one attached hydrogen (secondary N) is 1. The lowest BCUT2D eigenvalue weighted by Crippen LogP contribution is -2.42. The molecule has 1 aromatic heterocycles. The minimum Gasteiger partial charge on any atom is -0.351 e. The van der Waals surface area contributed by atoms with Crippen molar-refractivity contribution < 1.29 is 9.59 Å². The van der Waals surface area contributed by atoms with Gasteiger partial charge < -0.3 is 10.3 Å². The van der Waals surface area contributed by atoms with E-state index in [4.69, 9.17) is 5.73 Å². The monoisotopic (exact) mass is 332 g/mol. The zero-order valence-electron chi connectivity index (χ0n) is 13.2. The molecule has 122 valence electrons. The number of para-hydroxylation sites is 2. The van der Waals surface area contributed by atoms with Crippen molar-refractivity contribution in [2.45, 2.75) is 30.8 Å². The van der Waals surface area contributed by atoms with Gasteiger partial charge in [-0.15, -0.1) is 6.58 Å². The summed E-state index contributed by atoms with van der Waals surface area (Å²) in [7, 11) is 0. The molecule has 0 bridgehead atoms. The highest BCUT2D eigenvalue weighted by molar-refractivity contribution is 8.00. The van der Waals surface area contributed by atoms with Crippen molar-refractivity contribution in [3.8, 4) is 0 Å². The van der Waals surface area contributed by atoms with E-state index in [2.05, 4.69) is 16.9 Å². The lowest BCUT2D eigenvalue weighted by molar-refractivity contribution is -0.120. The number of primary amides is 1. The third kappa shape index (κ3) is 3.92. The molecule has 3 amide bonds. The van der Waals surface area contributed by atoms with E-state index in [1.165, 1.54) is 11.8 Å². The van der Waals surface area contributed by atoms with Crippen molar-refractivity contribution in [3.63, 3.8) is 0 Å². The molecule has 1 aromatic carbocycles. The number of hydrogen-bond acceptors (Lipinski definition) is 4. The lowest BCUT2D eigenvalue weighted by Gasteiger charge is -2.18. The fourth-order valence-corrected chi connectivity index (χ4v) is 3.36. The number of benzene rings is 1. The Labute approximate surface area is 139 Å². The average molecular weight is 332 g/mol. The lowest BCUT2D eigenvalue weighted by atomic mass is 10.1. The topological polar surface area (TPSA) is 90.0 Å². The number of amides is 3. The molecule has 0 spiro atoms. The molecule has 0 aliphatic heterocycles. The van der Waals surface area contributed by atoms with E-state index in [1.54, 1.807) is 6.08 Å². The Morgan fingerprint density at radius 2 is 2.13 bits per heavy atom. The summed E-state index contributed by atoms with van der Waals surface area (Å²) in [5.74, 6) is -0.397. The van der Waals surface area contributed by atoms with Crippen molar-refractivity contribution in [3.05, 3.63) is 36.9 Å². The van der Waals surface area contributed by atoms with E-state index in [0.29, 0.717) is 11.7 Å². The van der Waals surface area contributed by atoms with Gasteiger partial charge in [-0.3, -0.25) is 10.1 Å². The van der Waals surface area contributed by atoms with Crippen molar-refractivity contribution in [1.82, 2.24) is 14.9 Å². The molecule has 0 radical (unpaired) electrons. The Balaban J connectivity index is 2.37. The number of nitrogens with two attached hydrogens (primary N) is 1. The van der Waals surface area contributed by atoms with Gasteiger partial charge in [0.15, 0.2) is 5.16 Å². The third-order valence-corrected chi connectivity index (χ3v) is 4.81.